The first-order valence-electron chi connectivity index (χ1n) is 5.66. The van der Waals surface area contributed by atoms with Crippen molar-refractivity contribution in [1.29, 1.82) is 0 Å². The number of benzene rings is 1. The van der Waals surface area contributed by atoms with E-state index in [0.717, 1.165) is 23.8 Å². The number of carbonyl (C=O) groups is 1. The van der Waals surface area contributed by atoms with E-state index < -0.39 is 0 Å². The topological polar surface area (TPSA) is 53.2 Å². The second-order valence-corrected chi connectivity index (χ2v) is 5.42. The molecule has 1 aliphatic heterocycles. The van der Waals surface area contributed by atoms with E-state index >= 15 is 0 Å². The Bertz CT molecular complexity index is 422. The molecular weight excluding hydrogens is 234 g/mol. The van der Waals surface area contributed by atoms with Crippen LogP contribution in [0.4, 0.5) is 5.69 Å². The fourth-order valence-corrected chi connectivity index (χ4v) is 2.63. The molecule has 5 heteroatoms. The highest BCUT2D eigenvalue weighted by atomic mass is 32.2. The Balaban J connectivity index is 2.09. The molecule has 17 heavy (non-hydrogen) atoms. The highest BCUT2D eigenvalue weighted by Crippen LogP contribution is 2.35. The Morgan fingerprint density at radius 1 is 1.47 bits per heavy atom. The standard InChI is InChI=1S/C12H17N3OS/c1-8-12(16)15-10-5-9(6-14-7-13-2)3-4-11(10)17-8/h3-5,8,13-14H,6-7H2,1-2H3,(H,15,16). The second-order valence-electron chi connectivity index (χ2n) is 4.04. The third-order valence-electron chi connectivity index (χ3n) is 2.61. The Kier molecular flexibility index (Phi) is 4.04. The van der Waals surface area contributed by atoms with Crippen molar-refractivity contribution in [2.24, 2.45) is 0 Å². The smallest absolute Gasteiger partial charge is 0.237 e. The summed E-state index contributed by atoms with van der Waals surface area (Å²) in [6.45, 7) is 3.49. The van der Waals surface area contributed by atoms with Crippen molar-refractivity contribution >= 4 is 23.4 Å². The van der Waals surface area contributed by atoms with Crippen molar-refractivity contribution in [1.82, 2.24) is 10.6 Å². The number of fused-ring (bicyclic) bond motifs is 1. The van der Waals surface area contributed by atoms with Crippen LogP contribution in [0.25, 0.3) is 0 Å². The number of rotatable bonds is 4. The lowest BCUT2D eigenvalue weighted by molar-refractivity contribution is -0.115. The zero-order chi connectivity index (χ0) is 12.3. The van der Waals surface area contributed by atoms with Crippen molar-refractivity contribution in [3.8, 4) is 0 Å². The second kappa shape index (κ2) is 5.53. The molecule has 0 spiro atoms. The molecular formula is C12H17N3OS. The number of amides is 1. The molecule has 2 rings (SSSR count). The first kappa shape index (κ1) is 12.4. The normalized spacial score (nSPS) is 18.7. The number of nitrogens with one attached hydrogen (secondary N) is 3. The minimum absolute atomic E-state index is 0.00392. The number of thioether (sulfide) groups is 1. The van der Waals surface area contributed by atoms with Crippen molar-refractivity contribution in [2.45, 2.75) is 23.6 Å². The average molecular weight is 251 g/mol. The van der Waals surface area contributed by atoms with Crippen LogP contribution >= 0.6 is 11.8 Å². The fraction of sp³-hybridized carbons (Fsp3) is 0.417. The van der Waals surface area contributed by atoms with Crippen molar-refractivity contribution in [2.75, 3.05) is 19.0 Å². The molecule has 1 atom stereocenters. The summed E-state index contributed by atoms with van der Waals surface area (Å²) in [5, 5.41) is 9.21. The van der Waals surface area contributed by atoms with Gasteiger partial charge in [0.2, 0.25) is 5.91 Å². The molecule has 1 amide bonds. The average Bonchev–Trinajstić information content (AvgIpc) is 2.31. The van der Waals surface area contributed by atoms with E-state index in [2.05, 4.69) is 28.1 Å². The lowest BCUT2D eigenvalue weighted by Crippen LogP contribution is -2.27. The van der Waals surface area contributed by atoms with Crippen LogP contribution in [-0.2, 0) is 11.3 Å². The van der Waals surface area contributed by atoms with Gasteiger partial charge in [-0.3, -0.25) is 4.79 Å². The summed E-state index contributed by atoms with van der Waals surface area (Å²) in [7, 11) is 1.90. The number of hydrogen-bond acceptors (Lipinski definition) is 4. The summed E-state index contributed by atoms with van der Waals surface area (Å²) in [5.41, 5.74) is 2.11. The van der Waals surface area contributed by atoms with Crippen LogP contribution in [0.3, 0.4) is 0 Å². The Morgan fingerprint density at radius 3 is 3.06 bits per heavy atom. The number of carbonyl (C=O) groups excluding carboxylic acids is 1. The molecule has 0 fully saturated rings. The lowest BCUT2D eigenvalue weighted by atomic mass is 10.2. The molecule has 1 aromatic carbocycles. The summed E-state index contributed by atoms with van der Waals surface area (Å²) >= 11 is 1.61. The van der Waals surface area contributed by atoms with E-state index in [1.54, 1.807) is 11.8 Å². The van der Waals surface area contributed by atoms with Gasteiger partial charge in [0.1, 0.15) is 0 Å². The molecule has 4 nitrogen and oxygen atoms in total. The van der Waals surface area contributed by atoms with E-state index in [1.807, 2.05) is 20.0 Å². The van der Waals surface area contributed by atoms with Gasteiger partial charge in [0.25, 0.3) is 0 Å². The SMILES string of the molecule is CNCNCc1ccc2c(c1)NC(=O)C(C)S2. The third-order valence-corrected chi connectivity index (χ3v) is 3.78. The van der Waals surface area contributed by atoms with Crippen LogP contribution in [0.15, 0.2) is 23.1 Å². The molecule has 92 valence electrons. The fourth-order valence-electron chi connectivity index (χ4n) is 1.70. The highest BCUT2D eigenvalue weighted by Gasteiger charge is 2.22. The van der Waals surface area contributed by atoms with Crippen molar-refractivity contribution < 1.29 is 4.79 Å². The van der Waals surface area contributed by atoms with Gasteiger partial charge in [-0.2, -0.15) is 0 Å². The van der Waals surface area contributed by atoms with Gasteiger partial charge in [-0.25, -0.2) is 0 Å². The monoisotopic (exact) mass is 251 g/mol. The van der Waals surface area contributed by atoms with Crippen LogP contribution in [0.2, 0.25) is 0 Å². The molecule has 1 aliphatic rings. The van der Waals surface area contributed by atoms with Gasteiger partial charge in [0, 0.05) is 18.1 Å². The van der Waals surface area contributed by atoms with Crippen LogP contribution in [0, 0.1) is 0 Å². The van der Waals surface area contributed by atoms with Gasteiger partial charge >= 0.3 is 0 Å². The molecule has 3 N–H and O–H groups in total. The van der Waals surface area contributed by atoms with Gasteiger partial charge in [-0.1, -0.05) is 6.07 Å². The largest absolute Gasteiger partial charge is 0.324 e. The maximum Gasteiger partial charge on any atom is 0.237 e. The van der Waals surface area contributed by atoms with Gasteiger partial charge in [-0.05, 0) is 31.7 Å². The summed E-state index contributed by atoms with van der Waals surface area (Å²) in [4.78, 5) is 12.7. The maximum atomic E-state index is 11.6. The molecule has 0 aliphatic carbocycles. The summed E-state index contributed by atoms with van der Waals surface area (Å²) in [5.74, 6) is 0.0860. The Labute approximate surface area is 106 Å². The zero-order valence-electron chi connectivity index (χ0n) is 10.0. The molecule has 0 bridgehead atoms. The van der Waals surface area contributed by atoms with Gasteiger partial charge in [0.15, 0.2) is 0 Å². The van der Waals surface area contributed by atoms with E-state index in [1.165, 1.54) is 5.56 Å². The number of anilines is 1. The minimum Gasteiger partial charge on any atom is -0.324 e. The third kappa shape index (κ3) is 3.00. The first-order chi connectivity index (χ1) is 8.20. The van der Waals surface area contributed by atoms with E-state index in [-0.39, 0.29) is 11.2 Å². The highest BCUT2D eigenvalue weighted by molar-refractivity contribution is 8.00. The summed E-state index contributed by atoms with van der Waals surface area (Å²) < 4.78 is 0. The van der Waals surface area contributed by atoms with E-state index in [4.69, 9.17) is 0 Å². The quantitative estimate of drug-likeness (QED) is 0.559. The van der Waals surface area contributed by atoms with Crippen molar-refractivity contribution in [3.05, 3.63) is 23.8 Å². The lowest BCUT2D eigenvalue weighted by Gasteiger charge is -2.21. The summed E-state index contributed by atoms with van der Waals surface area (Å²) in [6, 6.07) is 6.21. The predicted molar refractivity (Wildman–Crippen MR) is 71.2 cm³/mol. The van der Waals surface area contributed by atoms with Crippen LogP contribution in [0.5, 0.6) is 0 Å². The molecule has 0 saturated heterocycles. The van der Waals surface area contributed by atoms with Gasteiger partial charge < -0.3 is 16.0 Å². The van der Waals surface area contributed by atoms with Crippen molar-refractivity contribution in [3.63, 3.8) is 0 Å². The maximum absolute atomic E-state index is 11.6. The van der Waals surface area contributed by atoms with Gasteiger partial charge in [0.05, 0.1) is 10.9 Å². The van der Waals surface area contributed by atoms with Crippen LogP contribution in [0.1, 0.15) is 12.5 Å². The molecule has 0 radical (unpaired) electrons. The first-order valence-corrected chi connectivity index (χ1v) is 6.54. The molecule has 1 aromatic rings. The molecule has 1 unspecified atom stereocenters. The number of hydrogen-bond donors (Lipinski definition) is 3. The molecule has 1 heterocycles. The Morgan fingerprint density at radius 2 is 2.29 bits per heavy atom. The predicted octanol–water partition coefficient (Wildman–Crippen LogP) is 1.39. The summed E-state index contributed by atoms with van der Waals surface area (Å²) in [6.07, 6.45) is 0. The Hall–Kier alpha value is -1.04. The zero-order valence-corrected chi connectivity index (χ0v) is 10.9. The van der Waals surface area contributed by atoms with Gasteiger partial charge in [-0.15, -0.1) is 11.8 Å². The molecule has 0 saturated carbocycles. The minimum atomic E-state index is -0.00392. The van der Waals surface area contributed by atoms with Crippen LogP contribution in [-0.4, -0.2) is 24.9 Å². The van der Waals surface area contributed by atoms with Crippen LogP contribution < -0.4 is 16.0 Å². The van der Waals surface area contributed by atoms with E-state index in [0.29, 0.717) is 0 Å². The van der Waals surface area contributed by atoms with E-state index in [9.17, 15) is 4.79 Å². The molecule has 0 aromatic heterocycles.